The molecule has 5 aliphatic rings. The summed E-state index contributed by atoms with van der Waals surface area (Å²) in [4.78, 5) is 40.7. The zero-order chi connectivity index (χ0) is 26.7. The number of Topliss-reactive ketones (excluding diaryl/α,β-unsaturated/α-hetero) is 2. The third-order valence-electron chi connectivity index (χ3n) is 12.6. The Balaban J connectivity index is 1.71. The van der Waals surface area contributed by atoms with Crippen molar-refractivity contribution in [2.75, 3.05) is 0 Å². The van der Waals surface area contributed by atoms with Gasteiger partial charge in [0.05, 0.1) is 5.57 Å². The van der Waals surface area contributed by atoms with E-state index in [1.165, 1.54) is 0 Å². The van der Waals surface area contributed by atoms with Crippen molar-refractivity contribution >= 4 is 17.3 Å². The summed E-state index contributed by atoms with van der Waals surface area (Å²) in [5, 5.41) is 9.85. The van der Waals surface area contributed by atoms with Crippen molar-refractivity contribution in [3.05, 3.63) is 23.3 Å². The number of carbonyl (C=O) groups is 3. The molecule has 0 radical (unpaired) electrons. The largest absolute Gasteiger partial charge is 0.299 e. The SMILES string of the molecule is CC(=O)C12CCC(C)(C)CC1C1C(=O)C=C3C4(C)C=C(C#N)C(=O)C(C)(C)[C@@H]4CC[C@@]3(C)[C@]1(C)CC2. The molecule has 0 aromatic rings. The monoisotopic (exact) mass is 489 g/mol. The number of allylic oxidation sites excluding steroid dienone is 4. The summed E-state index contributed by atoms with van der Waals surface area (Å²) in [6.45, 7) is 17.1. The zero-order valence-corrected chi connectivity index (χ0v) is 23.5. The van der Waals surface area contributed by atoms with E-state index in [0.717, 1.165) is 50.5 Å². The lowest BCUT2D eigenvalue weighted by atomic mass is 9.34. The van der Waals surface area contributed by atoms with Gasteiger partial charge in [0.25, 0.3) is 0 Å². The molecule has 4 heteroatoms. The number of hydrogen-bond acceptors (Lipinski definition) is 4. The van der Waals surface area contributed by atoms with Crippen LogP contribution in [0.15, 0.2) is 23.3 Å². The first-order chi connectivity index (χ1) is 16.5. The van der Waals surface area contributed by atoms with Gasteiger partial charge in [0.15, 0.2) is 11.6 Å². The minimum Gasteiger partial charge on any atom is -0.299 e. The molecule has 194 valence electrons. The van der Waals surface area contributed by atoms with E-state index in [4.69, 9.17) is 0 Å². The number of fused-ring (bicyclic) bond motifs is 7. The number of ketones is 3. The Morgan fingerprint density at radius 3 is 2.22 bits per heavy atom. The zero-order valence-electron chi connectivity index (χ0n) is 23.5. The molecule has 4 nitrogen and oxygen atoms in total. The van der Waals surface area contributed by atoms with Crippen LogP contribution in [0.1, 0.15) is 100 Å². The van der Waals surface area contributed by atoms with Crippen LogP contribution < -0.4 is 0 Å². The molecule has 5 rings (SSSR count). The maximum atomic E-state index is 14.3. The highest BCUT2D eigenvalue weighted by atomic mass is 16.1. The van der Waals surface area contributed by atoms with Gasteiger partial charge in [0.2, 0.25) is 0 Å². The van der Waals surface area contributed by atoms with Crippen LogP contribution in [-0.4, -0.2) is 17.3 Å². The van der Waals surface area contributed by atoms with E-state index in [-0.39, 0.29) is 62.3 Å². The normalized spacial score (nSPS) is 46.7. The lowest BCUT2D eigenvalue weighted by Crippen LogP contribution is -2.65. The van der Waals surface area contributed by atoms with Crippen molar-refractivity contribution in [3.63, 3.8) is 0 Å². The predicted octanol–water partition coefficient (Wildman–Crippen LogP) is 6.79. The highest BCUT2D eigenvalue weighted by molar-refractivity contribution is 6.04. The van der Waals surface area contributed by atoms with E-state index < -0.39 is 10.8 Å². The summed E-state index contributed by atoms with van der Waals surface area (Å²) in [7, 11) is 0. The average Bonchev–Trinajstić information content (AvgIpc) is 2.77. The first-order valence-corrected chi connectivity index (χ1v) is 14.0. The second-order valence-corrected chi connectivity index (χ2v) is 15.0. The van der Waals surface area contributed by atoms with Crippen molar-refractivity contribution in [1.29, 1.82) is 5.26 Å². The van der Waals surface area contributed by atoms with Crippen LogP contribution >= 0.6 is 0 Å². The van der Waals surface area contributed by atoms with E-state index in [0.29, 0.717) is 0 Å². The highest BCUT2D eigenvalue weighted by Crippen LogP contribution is 2.74. The second-order valence-electron chi connectivity index (χ2n) is 15.0. The van der Waals surface area contributed by atoms with Gasteiger partial charge in [-0.25, -0.2) is 0 Å². The molecule has 0 amide bonds. The molecular formula is C32H43NO3. The molecule has 3 fully saturated rings. The number of hydrogen-bond donors (Lipinski definition) is 0. The maximum absolute atomic E-state index is 14.3. The van der Waals surface area contributed by atoms with Crippen LogP contribution in [0.5, 0.6) is 0 Å². The predicted molar refractivity (Wildman–Crippen MR) is 140 cm³/mol. The van der Waals surface area contributed by atoms with Gasteiger partial charge >= 0.3 is 0 Å². The van der Waals surface area contributed by atoms with Gasteiger partial charge in [-0.05, 0) is 86.0 Å². The Morgan fingerprint density at radius 1 is 0.972 bits per heavy atom. The second kappa shape index (κ2) is 7.30. The first-order valence-electron chi connectivity index (χ1n) is 14.0. The van der Waals surface area contributed by atoms with Gasteiger partial charge in [-0.15, -0.1) is 0 Å². The first kappa shape index (κ1) is 25.6. The molecule has 0 N–H and O–H groups in total. The Hall–Kier alpha value is -2.02. The lowest BCUT2D eigenvalue weighted by molar-refractivity contribution is -0.176. The van der Waals surface area contributed by atoms with Crippen LogP contribution in [0.3, 0.4) is 0 Å². The molecule has 3 saturated carbocycles. The lowest BCUT2D eigenvalue weighted by Gasteiger charge is -2.69. The summed E-state index contributed by atoms with van der Waals surface area (Å²) in [6.07, 6.45) is 10.2. The summed E-state index contributed by atoms with van der Waals surface area (Å²) in [6, 6.07) is 2.18. The van der Waals surface area contributed by atoms with Gasteiger partial charge in [-0.3, -0.25) is 14.4 Å². The fourth-order valence-corrected chi connectivity index (χ4v) is 10.2. The minimum absolute atomic E-state index is 0.0513. The van der Waals surface area contributed by atoms with Crippen LogP contribution in [0, 0.1) is 61.6 Å². The van der Waals surface area contributed by atoms with Crippen molar-refractivity contribution in [3.8, 4) is 6.07 Å². The third kappa shape index (κ3) is 2.89. The summed E-state index contributed by atoms with van der Waals surface area (Å²) in [5.74, 6) is 0.316. The minimum atomic E-state index is -0.652. The van der Waals surface area contributed by atoms with E-state index >= 15 is 0 Å². The summed E-state index contributed by atoms with van der Waals surface area (Å²) < 4.78 is 0. The average molecular weight is 490 g/mol. The number of nitrogens with zero attached hydrogens (tertiary/aromatic N) is 1. The molecular weight excluding hydrogens is 446 g/mol. The van der Waals surface area contributed by atoms with Crippen LogP contribution in [-0.2, 0) is 14.4 Å². The fourth-order valence-electron chi connectivity index (χ4n) is 10.2. The molecule has 5 aliphatic carbocycles. The van der Waals surface area contributed by atoms with Crippen LogP contribution in [0.25, 0.3) is 0 Å². The van der Waals surface area contributed by atoms with Gasteiger partial charge < -0.3 is 0 Å². The highest BCUT2D eigenvalue weighted by Gasteiger charge is 2.70. The van der Waals surface area contributed by atoms with E-state index in [9.17, 15) is 19.6 Å². The molecule has 0 aromatic heterocycles. The van der Waals surface area contributed by atoms with Crippen molar-refractivity contribution in [2.24, 2.45) is 50.2 Å². The molecule has 4 unspecified atom stereocenters. The number of rotatable bonds is 1. The summed E-state index contributed by atoms with van der Waals surface area (Å²) >= 11 is 0. The van der Waals surface area contributed by atoms with Gasteiger partial charge in [-0.2, -0.15) is 5.26 Å². The van der Waals surface area contributed by atoms with Crippen LogP contribution in [0.2, 0.25) is 0 Å². The maximum Gasteiger partial charge on any atom is 0.178 e. The van der Waals surface area contributed by atoms with E-state index in [2.05, 4.69) is 40.7 Å². The third-order valence-corrected chi connectivity index (χ3v) is 12.6. The molecule has 0 aliphatic heterocycles. The van der Waals surface area contributed by atoms with Gasteiger partial charge in [0, 0.05) is 22.2 Å². The standard InChI is InChI=1S/C32H43NO3/c1-19(34)32-13-11-27(2,3)17-21(32)25-22(35)15-24-29(6)16-20(18-33)26(36)28(4,5)23(29)9-10-30(24,7)31(25,8)12-14-32/h15-16,21,23,25H,9-14,17H2,1-8H3/t21?,23-,25?,29?,30+,31+,32?/m0/s1. The molecule has 0 bridgehead atoms. The smallest absolute Gasteiger partial charge is 0.178 e. The van der Waals surface area contributed by atoms with Crippen molar-refractivity contribution < 1.29 is 14.4 Å². The molecule has 0 heterocycles. The molecule has 0 spiro atoms. The summed E-state index contributed by atoms with van der Waals surface area (Å²) in [5.41, 5.74) is -0.562. The molecule has 7 atom stereocenters. The molecule has 0 aromatic carbocycles. The van der Waals surface area contributed by atoms with Crippen molar-refractivity contribution in [1.82, 2.24) is 0 Å². The Bertz CT molecular complexity index is 1180. The Kier molecular flexibility index (Phi) is 5.19. The quantitative estimate of drug-likeness (QED) is 0.406. The van der Waals surface area contributed by atoms with Gasteiger partial charge in [-0.1, -0.05) is 60.1 Å². The fraction of sp³-hybridized carbons (Fsp3) is 0.750. The molecule has 0 saturated heterocycles. The van der Waals surface area contributed by atoms with Crippen LogP contribution in [0.4, 0.5) is 0 Å². The van der Waals surface area contributed by atoms with Crippen molar-refractivity contribution in [2.45, 2.75) is 100 Å². The molecule has 36 heavy (non-hydrogen) atoms. The Morgan fingerprint density at radius 2 is 1.61 bits per heavy atom. The topological polar surface area (TPSA) is 75.0 Å². The van der Waals surface area contributed by atoms with Gasteiger partial charge in [0.1, 0.15) is 11.9 Å². The van der Waals surface area contributed by atoms with E-state index in [1.54, 1.807) is 6.92 Å². The number of nitriles is 1. The van der Waals surface area contributed by atoms with E-state index in [1.807, 2.05) is 26.0 Å². The Labute approximate surface area is 217 Å². The number of carbonyl (C=O) groups excluding carboxylic acids is 3.